The Bertz CT molecular complexity index is 3000. The van der Waals surface area contributed by atoms with Gasteiger partial charge in [-0.15, -0.1) is 0 Å². The molecule has 2 heteroatoms. The van der Waals surface area contributed by atoms with Crippen LogP contribution in [0.15, 0.2) is 255 Å². The summed E-state index contributed by atoms with van der Waals surface area (Å²) in [5.41, 5.74) is 15.8. The SMILES string of the molecule is c1ccc(-c2ccccc2N(c2ccccc2)c2cc(-c3ccccc3)c3c(-c4ccccc4)ccc(N(c4ccccc4)c4ccccc4-c4ccccc4)c3c2)cc1. The van der Waals surface area contributed by atoms with E-state index in [9.17, 15) is 0 Å². The minimum absolute atomic E-state index is 1.06. The second-order valence-corrected chi connectivity index (χ2v) is 14.9. The van der Waals surface area contributed by atoms with Gasteiger partial charge in [0.1, 0.15) is 0 Å². The molecular weight excluding hydrogens is 725 g/mol. The van der Waals surface area contributed by atoms with Crippen LogP contribution in [0.4, 0.5) is 34.1 Å². The number of hydrogen-bond acceptors (Lipinski definition) is 2. The lowest BCUT2D eigenvalue weighted by Gasteiger charge is -2.32. The van der Waals surface area contributed by atoms with Gasteiger partial charge in [-0.3, -0.25) is 0 Å². The molecule has 0 radical (unpaired) electrons. The molecule has 0 fully saturated rings. The van der Waals surface area contributed by atoms with Gasteiger partial charge in [0.15, 0.2) is 0 Å². The summed E-state index contributed by atoms with van der Waals surface area (Å²) in [6.07, 6.45) is 0. The molecule has 10 aromatic rings. The molecule has 2 nitrogen and oxygen atoms in total. The number of hydrogen-bond donors (Lipinski definition) is 0. The van der Waals surface area contributed by atoms with Crippen molar-refractivity contribution in [3.63, 3.8) is 0 Å². The summed E-state index contributed by atoms with van der Waals surface area (Å²) in [5.74, 6) is 0. The van der Waals surface area contributed by atoms with Crippen LogP contribution in [-0.2, 0) is 0 Å². The van der Waals surface area contributed by atoms with Crippen LogP contribution in [0.25, 0.3) is 55.3 Å². The van der Waals surface area contributed by atoms with Crippen molar-refractivity contribution in [3.8, 4) is 44.5 Å². The molecule has 0 aromatic heterocycles. The van der Waals surface area contributed by atoms with Crippen molar-refractivity contribution in [2.24, 2.45) is 0 Å². The maximum Gasteiger partial charge on any atom is 0.0541 e. The van der Waals surface area contributed by atoms with Crippen molar-refractivity contribution >= 4 is 44.9 Å². The van der Waals surface area contributed by atoms with Crippen LogP contribution in [-0.4, -0.2) is 0 Å². The number of rotatable bonds is 10. The van der Waals surface area contributed by atoms with Gasteiger partial charge in [-0.05, 0) is 93.4 Å². The maximum absolute atomic E-state index is 2.45. The van der Waals surface area contributed by atoms with Crippen molar-refractivity contribution in [1.82, 2.24) is 0 Å². The normalized spacial score (nSPS) is 11.0. The lowest BCUT2D eigenvalue weighted by atomic mass is 9.89. The molecule has 0 bridgehead atoms. The zero-order chi connectivity index (χ0) is 40.1. The number of anilines is 6. The highest BCUT2D eigenvalue weighted by atomic mass is 15.2. The van der Waals surface area contributed by atoms with Gasteiger partial charge in [-0.2, -0.15) is 0 Å². The average Bonchev–Trinajstić information content (AvgIpc) is 3.34. The summed E-state index contributed by atoms with van der Waals surface area (Å²) in [6, 6.07) is 91.7. The predicted octanol–water partition coefficient (Wildman–Crippen LogP) is 16.4. The number of para-hydroxylation sites is 4. The van der Waals surface area contributed by atoms with E-state index in [1.807, 2.05) is 0 Å². The molecule has 60 heavy (non-hydrogen) atoms. The fourth-order valence-corrected chi connectivity index (χ4v) is 8.53. The van der Waals surface area contributed by atoms with E-state index in [-0.39, 0.29) is 0 Å². The summed E-state index contributed by atoms with van der Waals surface area (Å²) in [5, 5.41) is 2.33. The van der Waals surface area contributed by atoms with Crippen LogP contribution in [0.2, 0.25) is 0 Å². The first-order valence-electron chi connectivity index (χ1n) is 20.5. The van der Waals surface area contributed by atoms with Crippen LogP contribution in [0, 0.1) is 0 Å². The Kier molecular flexibility index (Phi) is 10.0. The molecule has 284 valence electrons. The van der Waals surface area contributed by atoms with Crippen LogP contribution in [0.5, 0.6) is 0 Å². The highest BCUT2D eigenvalue weighted by Gasteiger charge is 2.25. The van der Waals surface area contributed by atoms with Crippen LogP contribution < -0.4 is 9.80 Å². The summed E-state index contributed by atoms with van der Waals surface area (Å²) in [4.78, 5) is 4.88. The summed E-state index contributed by atoms with van der Waals surface area (Å²) >= 11 is 0. The van der Waals surface area contributed by atoms with Crippen LogP contribution in [0.3, 0.4) is 0 Å². The fraction of sp³-hybridized carbons (Fsp3) is 0. The second-order valence-electron chi connectivity index (χ2n) is 14.9. The van der Waals surface area contributed by atoms with E-state index in [1.165, 1.54) is 16.5 Å². The van der Waals surface area contributed by atoms with Gasteiger partial charge in [0.05, 0.1) is 17.1 Å². The molecule has 0 atom stereocenters. The van der Waals surface area contributed by atoms with E-state index in [0.717, 1.165) is 72.9 Å². The monoisotopic (exact) mass is 766 g/mol. The Morgan fingerprint density at radius 1 is 0.217 bits per heavy atom. The lowest BCUT2D eigenvalue weighted by Crippen LogP contribution is -2.14. The van der Waals surface area contributed by atoms with Crippen molar-refractivity contribution in [3.05, 3.63) is 255 Å². The van der Waals surface area contributed by atoms with Gasteiger partial charge in [-0.25, -0.2) is 0 Å². The minimum atomic E-state index is 1.06. The van der Waals surface area contributed by atoms with Crippen molar-refractivity contribution in [1.29, 1.82) is 0 Å². The van der Waals surface area contributed by atoms with E-state index in [1.54, 1.807) is 0 Å². The Labute approximate surface area is 352 Å². The minimum Gasteiger partial charge on any atom is -0.310 e. The molecule has 10 rings (SSSR count). The first kappa shape index (κ1) is 36.4. The number of nitrogens with zero attached hydrogens (tertiary/aromatic N) is 2. The molecule has 0 amide bonds. The zero-order valence-electron chi connectivity index (χ0n) is 33.1. The lowest BCUT2D eigenvalue weighted by molar-refractivity contribution is 1.28. The van der Waals surface area contributed by atoms with Gasteiger partial charge in [-0.1, -0.05) is 200 Å². The highest BCUT2D eigenvalue weighted by Crippen LogP contribution is 2.50. The van der Waals surface area contributed by atoms with Gasteiger partial charge in [0.25, 0.3) is 0 Å². The zero-order valence-corrected chi connectivity index (χ0v) is 33.1. The molecule has 10 aromatic carbocycles. The largest absolute Gasteiger partial charge is 0.310 e. The van der Waals surface area contributed by atoms with Crippen molar-refractivity contribution in [2.45, 2.75) is 0 Å². The molecule has 0 spiro atoms. The van der Waals surface area contributed by atoms with Crippen molar-refractivity contribution < 1.29 is 0 Å². The molecule has 0 saturated heterocycles. The first-order chi connectivity index (χ1) is 29.8. The van der Waals surface area contributed by atoms with Gasteiger partial charge >= 0.3 is 0 Å². The predicted molar refractivity (Wildman–Crippen MR) is 255 cm³/mol. The maximum atomic E-state index is 2.45. The molecule has 0 aliphatic rings. The number of fused-ring (bicyclic) bond motifs is 1. The Hall–Kier alpha value is -7.94. The standard InChI is InChI=1S/C58H42N2/c1-7-23-43(24-8-1)50-35-19-21-37-55(50)59(47-31-15-5-16-32-47)49-41-53(46-29-13-4-14-30-46)58-52(45-27-11-3-12-28-45)39-40-57(54(58)42-49)60(48-33-17-6-18-34-48)56-38-22-20-36-51(56)44-25-9-2-10-26-44/h1-42H. The molecule has 0 aliphatic heterocycles. The second kappa shape index (κ2) is 16.5. The molecule has 0 heterocycles. The molecule has 0 saturated carbocycles. The third-order valence-corrected chi connectivity index (χ3v) is 11.2. The van der Waals surface area contributed by atoms with Crippen LogP contribution in [0.1, 0.15) is 0 Å². The molecule has 0 aliphatic carbocycles. The van der Waals surface area contributed by atoms with Gasteiger partial charge in [0, 0.05) is 33.6 Å². The van der Waals surface area contributed by atoms with E-state index in [4.69, 9.17) is 0 Å². The number of benzene rings is 10. The van der Waals surface area contributed by atoms with E-state index >= 15 is 0 Å². The Balaban J connectivity index is 1.34. The molecule has 0 unspecified atom stereocenters. The Morgan fingerprint density at radius 3 is 1.07 bits per heavy atom. The average molecular weight is 767 g/mol. The van der Waals surface area contributed by atoms with Gasteiger partial charge in [0.2, 0.25) is 0 Å². The quantitative estimate of drug-likeness (QED) is 0.137. The van der Waals surface area contributed by atoms with E-state index < -0.39 is 0 Å². The topological polar surface area (TPSA) is 6.48 Å². The smallest absolute Gasteiger partial charge is 0.0541 e. The summed E-state index contributed by atoms with van der Waals surface area (Å²) in [6.45, 7) is 0. The van der Waals surface area contributed by atoms with Gasteiger partial charge < -0.3 is 9.80 Å². The van der Waals surface area contributed by atoms with Crippen molar-refractivity contribution in [2.75, 3.05) is 9.80 Å². The Morgan fingerprint density at radius 2 is 0.583 bits per heavy atom. The van der Waals surface area contributed by atoms with E-state index in [2.05, 4.69) is 265 Å². The summed E-state index contributed by atoms with van der Waals surface area (Å²) < 4.78 is 0. The summed E-state index contributed by atoms with van der Waals surface area (Å²) in [7, 11) is 0. The third kappa shape index (κ3) is 7.01. The molecular formula is C58H42N2. The van der Waals surface area contributed by atoms with E-state index in [0.29, 0.717) is 0 Å². The third-order valence-electron chi connectivity index (χ3n) is 11.2. The first-order valence-corrected chi connectivity index (χ1v) is 20.5. The fourth-order valence-electron chi connectivity index (χ4n) is 8.53. The van der Waals surface area contributed by atoms with Crippen LogP contribution >= 0.6 is 0 Å². The highest BCUT2D eigenvalue weighted by molar-refractivity contribution is 6.15. The molecule has 0 N–H and O–H groups in total.